The Bertz CT molecular complexity index is 790. The first-order chi connectivity index (χ1) is 12.2. The second-order valence-electron chi connectivity index (χ2n) is 6.66. The second kappa shape index (κ2) is 7.99. The predicted octanol–water partition coefficient (Wildman–Crippen LogP) is 3.44. The van der Waals surface area contributed by atoms with E-state index in [9.17, 15) is 19.1 Å². The monoisotopic (exact) mass is 359 g/mol. The Kier molecular flexibility index (Phi) is 5.97. The maximum atomic E-state index is 13.9. The molecule has 26 heavy (non-hydrogen) atoms. The van der Waals surface area contributed by atoms with E-state index >= 15 is 0 Å². The van der Waals surface area contributed by atoms with E-state index in [1.54, 1.807) is 0 Å². The molecule has 2 aromatic rings. The van der Waals surface area contributed by atoms with Crippen molar-refractivity contribution in [2.24, 2.45) is 0 Å². The van der Waals surface area contributed by atoms with Gasteiger partial charge in [0.05, 0.1) is 7.11 Å². The van der Waals surface area contributed by atoms with E-state index in [4.69, 9.17) is 4.74 Å². The fourth-order valence-corrected chi connectivity index (χ4v) is 2.75. The topological polar surface area (TPSA) is 75.6 Å². The third-order valence-corrected chi connectivity index (χ3v) is 4.22. The first-order valence-corrected chi connectivity index (χ1v) is 8.16. The SMILES string of the molecule is COc1ccc(C(NC(=O)CC(C)(C)c2ccccc2)C(=O)O)cc1F. The Morgan fingerprint density at radius 2 is 1.85 bits per heavy atom. The van der Waals surface area contributed by atoms with Crippen molar-refractivity contribution in [1.82, 2.24) is 5.32 Å². The number of carboxylic acids is 1. The van der Waals surface area contributed by atoms with Crippen LogP contribution in [0.25, 0.3) is 0 Å². The minimum atomic E-state index is -1.34. The van der Waals surface area contributed by atoms with Crippen molar-refractivity contribution in [3.8, 4) is 5.75 Å². The highest BCUT2D eigenvalue weighted by molar-refractivity contribution is 5.85. The van der Waals surface area contributed by atoms with Gasteiger partial charge in [0, 0.05) is 6.42 Å². The first-order valence-electron chi connectivity index (χ1n) is 8.16. The van der Waals surface area contributed by atoms with Crippen LogP contribution in [-0.2, 0) is 15.0 Å². The molecular weight excluding hydrogens is 337 g/mol. The lowest BCUT2D eigenvalue weighted by Gasteiger charge is -2.25. The van der Waals surface area contributed by atoms with Gasteiger partial charge in [-0.3, -0.25) is 4.79 Å². The van der Waals surface area contributed by atoms with Crippen molar-refractivity contribution in [2.45, 2.75) is 31.7 Å². The van der Waals surface area contributed by atoms with Crippen LogP contribution in [0, 0.1) is 5.82 Å². The Labute approximate surface area is 151 Å². The fourth-order valence-electron chi connectivity index (χ4n) is 2.75. The number of carbonyl (C=O) groups excluding carboxylic acids is 1. The van der Waals surface area contributed by atoms with Gasteiger partial charge in [-0.2, -0.15) is 0 Å². The van der Waals surface area contributed by atoms with Crippen molar-refractivity contribution in [1.29, 1.82) is 0 Å². The molecule has 0 saturated carbocycles. The fraction of sp³-hybridized carbons (Fsp3) is 0.300. The molecule has 5 nitrogen and oxygen atoms in total. The highest BCUT2D eigenvalue weighted by Crippen LogP contribution is 2.27. The molecule has 2 aromatic carbocycles. The summed E-state index contributed by atoms with van der Waals surface area (Å²) in [6, 6.07) is 12.0. The summed E-state index contributed by atoms with van der Waals surface area (Å²) >= 11 is 0. The summed E-state index contributed by atoms with van der Waals surface area (Å²) in [5, 5.41) is 11.9. The van der Waals surface area contributed by atoms with Gasteiger partial charge >= 0.3 is 5.97 Å². The second-order valence-corrected chi connectivity index (χ2v) is 6.66. The Hall–Kier alpha value is -2.89. The summed E-state index contributed by atoms with van der Waals surface area (Å²) in [7, 11) is 1.32. The minimum absolute atomic E-state index is 0.00873. The summed E-state index contributed by atoms with van der Waals surface area (Å²) < 4.78 is 18.7. The number of methoxy groups -OCH3 is 1. The Morgan fingerprint density at radius 3 is 2.38 bits per heavy atom. The average Bonchev–Trinajstić information content (AvgIpc) is 2.59. The van der Waals surface area contributed by atoms with Crippen LogP contribution in [0.15, 0.2) is 48.5 Å². The zero-order chi connectivity index (χ0) is 19.3. The van der Waals surface area contributed by atoms with E-state index in [1.807, 2.05) is 44.2 Å². The van der Waals surface area contributed by atoms with Crippen LogP contribution in [0.2, 0.25) is 0 Å². The number of carboxylic acid groups (broad SMARTS) is 1. The van der Waals surface area contributed by atoms with Crippen LogP contribution in [0.4, 0.5) is 4.39 Å². The lowest BCUT2D eigenvalue weighted by Crippen LogP contribution is -2.37. The maximum Gasteiger partial charge on any atom is 0.330 e. The van der Waals surface area contributed by atoms with E-state index in [-0.39, 0.29) is 17.7 Å². The molecule has 138 valence electrons. The largest absolute Gasteiger partial charge is 0.494 e. The molecule has 0 saturated heterocycles. The molecule has 0 radical (unpaired) electrons. The predicted molar refractivity (Wildman–Crippen MR) is 95.6 cm³/mol. The molecule has 1 amide bonds. The van der Waals surface area contributed by atoms with E-state index in [0.717, 1.165) is 11.6 Å². The number of aliphatic carboxylic acids is 1. The quantitative estimate of drug-likeness (QED) is 0.794. The number of amides is 1. The number of nitrogens with one attached hydrogen (secondary N) is 1. The molecule has 2 rings (SSSR count). The Morgan fingerprint density at radius 1 is 1.19 bits per heavy atom. The summed E-state index contributed by atoms with van der Waals surface area (Å²) in [5.41, 5.74) is 0.638. The number of hydrogen-bond acceptors (Lipinski definition) is 3. The Balaban J connectivity index is 2.16. The van der Waals surface area contributed by atoms with Gasteiger partial charge < -0.3 is 15.2 Å². The standard InChI is InChI=1S/C20H22FNO4/c1-20(2,14-7-5-4-6-8-14)12-17(23)22-18(19(24)25)13-9-10-16(26-3)15(21)11-13/h4-11,18H,12H2,1-3H3,(H,22,23)(H,24,25). The zero-order valence-corrected chi connectivity index (χ0v) is 15.0. The molecule has 0 heterocycles. The number of hydrogen-bond donors (Lipinski definition) is 2. The highest BCUT2D eigenvalue weighted by Gasteiger charge is 2.28. The average molecular weight is 359 g/mol. The summed E-state index contributed by atoms with van der Waals surface area (Å²) in [6.45, 7) is 3.81. The van der Waals surface area contributed by atoms with E-state index in [1.165, 1.54) is 19.2 Å². The molecule has 0 aliphatic rings. The lowest BCUT2D eigenvalue weighted by atomic mass is 9.81. The summed E-state index contributed by atoms with van der Waals surface area (Å²) in [5.74, 6) is -2.37. The number of benzene rings is 2. The first kappa shape index (κ1) is 19.4. The minimum Gasteiger partial charge on any atom is -0.494 e. The summed E-state index contributed by atoms with van der Waals surface area (Å²) in [6.07, 6.45) is 0.0967. The van der Waals surface area contributed by atoms with Gasteiger partial charge in [0.2, 0.25) is 5.91 Å². The molecule has 0 fully saturated rings. The molecule has 1 unspecified atom stereocenters. The summed E-state index contributed by atoms with van der Waals surface area (Å²) in [4.78, 5) is 24.0. The molecule has 1 atom stereocenters. The molecule has 2 N–H and O–H groups in total. The number of rotatable bonds is 7. The van der Waals surface area contributed by atoms with Crippen molar-refractivity contribution >= 4 is 11.9 Å². The van der Waals surface area contributed by atoms with Crippen LogP contribution in [0.3, 0.4) is 0 Å². The highest BCUT2D eigenvalue weighted by atomic mass is 19.1. The van der Waals surface area contributed by atoms with Crippen LogP contribution < -0.4 is 10.1 Å². The van der Waals surface area contributed by atoms with Crippen LogP contribution in [0.5, 0.6) is 5.75 Å². The molecule has 0 spiro atoms. The van der Waals surface area contributed by atoms with Crippen molar-refractivity contribution in [3.63, 3.8) is 0 Å². The van der Waals surface area contributed by atoms with Crippen LogP contribution >= 0.6 is 0 Å². The zero-order valence-electron chi connectivity index (χ0n) is 15.0. The van der Waals surface area contributed by atoms with E-state index in [2.05, 4.69) is 5.32 Å². The van der Waals surface area contributed by atoms with Gasteiger partial charge in [-0.15, -0.1) is 0 Å². The van der Waals surface area contributed by atoms with Gasteiger partial charge in [0.25, 0.3) is 0 Å². The van der Waals surface area contributed by atoms with E-state index in [0.29, 0.717) is 0 Å². The third-order valence-electron chi connectivity index (χ3n) is 4.22. The molecule has 0 aliphatic heterocycles. The van der Waals surface area contributed by atoms with Crippen LogP contribution in [0.1, 0.15) is 37.4 Å². The van der Waals surface area contributed by atoms with Crippen LogP contribution in [-0.4, -0.2) is 24.1 Å². The third kappa shape index (κ3) is 4.59. The normalized spacial score (nSPS) is 12.3. The maximum absolute atomic E-state index is 13.9. The molecule has 0 bridgehead atoms. The van der Waals surface area contributed by atoms with Crippen molar-refractivity contribution in [2.75, 3.05) is 7.11 Å². The van der Waals surface area contributed by atoms with Gasteiger partial charge in [-0.25, -0.2) is 9.18 Å². The molecule has 6 heteroatoms. The molecular formula is C20H22FNO4. The number of halogens is 1. The van der Waals surface area contributed by atoms with Gasteiger partial charge in [-0.05, 0) is 28.7 Å². The molecule has 0 aliphatic carbocycles. The van der Waals surface area contributed by atoms with E-state index < -0.39 is 29.2 Å². The van der Waals surface area contributed by atoms with Gasteiger partial charge in [0.1, 0.15) is 0 Å². The van der Waals surface area contributed by atoms with Crippen molar-refractivity contribution in [3.05, 3.63) is 65.5 Å². The smallest absolute Gasteiger partial charge is 0.330 e. The lowest BCUT2D eigenvalue weighted by molar-refractivity contribution is -0.142. The van der Waals surface area contributed by atoms with Gasteiger partial charge in [0.15, 0.2) is 17.6 Å². The molecule has 0 aromatic heterocycles. The van der Waals surface area contributed by atoms with Gasteiger partial charge in [-0.1, -0.05) is 50.2 Å². The number of ether oxygens (including phenoxy) is 1. The van der Waals surface area contributed by atoms with Crippen molar-refractivity contribution < 1.29 is 23.8 Å². The number of carbonyl (C=O) groups is 2.